The first kappa shape index (κ1) is 48.7. The second kappa shape index (κ2) is 30.0. The predicted molar refractivity (Wildman–Crippen MR) is 238 cm³/mol. The molecule has 0 aliphatic heterocycles. The van der Waals surface area contributed by atoms with Gasteiger partial charge in [-0.15, -0.1) is 0 Å². The van der Waals surface area contributed by atoms with Gasteiger partial charge in [0.15, 0.2) is 0 Å². The molecule has 56 heavy (non-hydrogen) atoms. The third kappa shape index (κ3) is 20.4. The Morgan fingerprint density at radius 3 is 1.48 bits per heavy atom. The Hall–Kier alpha value is -5.32. The summed E-state index contributed by atoms with van der Waals surface area (Å²) in [6.45, 7) is 18.2. The van der Waals surface area contributed by atoms with Gasteiger partial charge in [0.2, 0.25) is 9.03 Å². The van der Waals surface area contributed by atoms with Crippen LogP contribution in [0.25, 0.3) is 0 Å². The summed E-state index contributed by atoms with van der Waals surface area (Å²) in [6.07, 6.45) is 10.2. The van der Waals surface area contributed by atoms with Gasteiger partial charge in [-0.1, -0.05) is 132 Å². The minimum Gasteiger partial charge on any atom is -0.508 e. The number of phenols is 2. The van der Waals surface area contributed by atoms with Gasteiger partial charge >= 0.3 is 0 Å². The molecule has 0 saturated heterocycles. The lowest BCUT2D eigenvalue weighted by atomic mass is 9.78. The summed E-state index contributed by atoms with van der Waals surface area (Å²) in [7, 11) is -0.589. The Morgan fingerprint density at radius 1 is 0.661 bits per heavy atom. The van der Waals surface area contributed by atoms with E-state index in [2.05, 4.69) is 51.6 Å². The second-order valence-corrected chi connectivity index (χ2v) is 12.6. The van der Waals surface area contributed by atoms with Crippen LogP contribution in [0.3, 0.4) is 0 Å². The van der Waals surface area contributed by atoms with E-state index in [-0.39, 0.29) is 14.4 Å². The quantitative estimate of drug-likeness (QED) is 0.0620. The molecule has 2 unspecified atom stereocenters. The average molecular weight is 797 g/mol. The minimum absolute atomic E-state index is 0.124. The molecule has 5 aromatic carbocycles. The molecule has 0 aliphatic carbocycles. The maximum atomic E-state index is 8.63. The largest absolute Gasteiger partial charge is 0.508 e. The third-order valence-electron chi connectivity index (χ3n) is 7.42. The van der Waals surface area contributed by atoms with E-state index in [0.29, 0.717) is 17.2 Å². The lowest BCUT2D eigenvalue weighted by Crippen LogP contribution is -2.18. The van der Waals surface area contributed by atoms with Gasteiger partial charge in [-0.3, -0.25) is 0 Å². The fourth-order valence-corrected chi connectivity index (χ4v) is 5.20. The molecule has 0 heterocycles. The fraction of sp³-hybridized carbons (Fsp3) is 0.191. The van der Waals surface area contributed by atoms with Gasteiger partial charge in [-0.05, 0) is 104 Å². The van der Waals surface area contributed by atoms with Gasteiger partial charge in [0.25, 0.3) is 9.03 Å². The first-order valence-electron chi connectivity index (χ1n) is 18.3. The Labute approximate surface area is 338 Å². The van der Waals surface area contributed by atoms with E-state index in [1.807, 2.05) is 101 Å². The number of allylic oxidation sites excluding steroid dienone is 6. The van der Waals surface area contributed by atoms with Crippen LogP contribution in [-0.2, 0) is 9.94 Å². The first-order chi connectivity index (χ1) is 27.2. The van der Waals surface area contributed by atoms with Crippen LogP contribution in [0.4, 0.5) is 0 Å². The molecule has 7 nitrogen and oxygen atoms in total. The summed E-state index contributed by atoms with van der Waals surface area (Å²) in [5, 5.41) is 17.3. The van der Waals surface area contributed by atoms with Gasteiger partial charge in [-0.25, -0.2) is 0 Å². The van der Waals surface area contributed by atoms with Crippen LogP contribution in [0.15, 0.2) is 188 Å². The van der Waals surface area contributed by atoms with Crippen LogP contribution in [0.5, 0.6) is 28.7 Å². The summed E-state index contributed by atoms with van der Waals surface area (Å²) >= 11 is 0. The zero-order valence-electron chi connectivity index (χ0n) is 33.6. The molecule has 0 aromatic heterocycles. The second-order valence-electron chi connectivity index (χ2n) is 11.7. The Kier molecular flexibility index (Phi) is 26.1. The SMILES string of the molecule is C=C/C=C(\C=C/C)OPOc1ccc(C(C)(C)c2ccc(OC(=CC)CC)cc2)cc1.CC.OPOc1ccccc1.Oc1ccccc1.Oc1ccccc1. The van der Waals surface area contributed by atoms with Crippen molar-refractivity contribution < 1.29 is 33.4 Å². The van der Waals surface area contributed by atoms with E-state index >= 15 is 0 Å². The number of benzene rings is 5. The maximum absolute atomic E-state index is 8.63. The molecular weight excluding hydrogens is 738 g/mol. The third-order valence-corrected chi connectivity index (χ3v) is 8.39. The molecule has 9 heteroatoms. The van der Waals surface area contributed by atoms with E-state index in [1.165, 1.54) is 11.1 Å². The molecule has 0 amide bonds. The van der Waals surface area contributed by atoms with Gasteiger partial charge in [-0.2, -0.15) is 0 Å². The number of hydrogen-bond acceptors (Lipinski definition) is 7. The molecule has 5 aromatic rings. The van der Waals surface area contributed by atoms with Gasteiger partial charge in [0, 0.05) is 11.8 Å². The van der Waals surface area contributed by atoms with Crippen molar-refractivity contribution in [2.75, 3.05) is 0 Å². The van der Waals surface area contributed by atoms with Gasteiger partial charge < -0.3 is 33.4 Å². The van der Waals surface area contributed by atoms with Crippen LogP contribution in [-0.4, -0.2) is 15.1 Å². The highest BCUT2D eigenvalue weighted by molar-refractivity contribution is 7.26. The Balaban J connectivity index is 0.000000497. The molecule has 0 saturated carbocycles. The summed E-state index contributed by atoms with van der Waals surface area (Å²) < 4.78 is 22.1. The van der Waals surface area contributed by atoms with E-state index < -0.39 is 9.03 Å². The number of rotatable bonds is 13. The number of para-hydroxylation sites is 3. The normalized spacial score (nSPS) is 11.1. The number of phenolic OH excluding ortho intramolecular Hbond substituents is 2. The molecule has 0 bridgehead atoms. The smallest absolute Gasteiger partial charge is 0.275 e. The average Bonchev–Trinajstić information content (AvgIpc) is 3.23. The first-order valence-corrected chi connectivity index (χ1v) is 20.0. The van der Waals surface area contributed by atoms with Crippen LogP contribution >= 0.6 is 18.1 Å². The molecule has 0 aliphatic rings. The lowest BCUT2D eigenvalue weighted by molar-refractivity contribution is 0.408. The van der Waals surface area contributed by atoms with Crippen molar-refractivity contribution in [1.82, 2.24) is 0 Å². The summed E-state index contributed by atoms with van der Waals surface area (Å²) in [5.74, 6) is 4.69. The maximum Gasteiger partial charge on any atom is 0.275 e. The zero-order valence-corrected chi connectivity index (χ0v) is 35.6. The van der Waals surface area contributed by atoms with Crippen LogP contribution in [0, 0.1) is 0 Å². The monoisotopic (exact) mass is 796 g/mol. The summed E-state index contributed by atoms with van der Waals surface area (Å²) in [6, 6.07) is 43.1. The van der Waals surface area contributed by atoms with E-state index in [9.17, 15) is 0 Å². The highest BCUT2D eigenvalue weighted by Crippen LogP contribution is 2.34. The minimum atomic E-state index is -0.465. The summed E-state index contributed by atoms with van der Waals surface area (Å²) in [5.41, 5.74) is 2.29. The van der Waals surface area contributed by atoms with E-state index in [4.69, 9.17) is 33.4 Å². The molecule has 5 rings (SSSR count). The van der Waals surface area contributed by atoms with Gasteiger partial charge in [0.1, 0.15) is 34.5 Å². The molecule has 298 valence electrons. The van der Waals surface area contributed by atoms with Crippen LogP contribution < -0.4 is 13.8 Å². The molecule has 0 spiro atoms. The molecular formula is C47H58O7P2. The standard InChI is InChI=1S/C27H33O3P.C6H7O2P.2C6H6O.C2H6/c1-7-11-25(12-8-2)29-31-30-26-19-15-22(16-20-26)27(5,6)21-13-17-24(18-14-21)28-23(9-3)10-4;7-9-8-6-4-2-1-3-5-6;2*7-6-4-2-1-3-5-6;1-2/h7-9,11-20,31H,1,10H2,2-6H3;1-5,7,9H;2*1-5,7H;1-2H3/b12-8-,23-9?,25-11+;;;;. The zero-order chi connectivity index (χ0) is 41.4. The Bertz CT molecular complexity index is 1770. The van der Waals surface area contributed by atoms with Crippen molar-refractivity contribution in [1.29, 1.82) is 0 Å². The van der Waals surface area contributed by atoms with Crippen LogP contribution in [0.1, 0.15) is 66.0 Å². The van der Waals surface area contributed by atoms with Crippen molar-refractivity contribution >= 4 is 18.1 Å². The Morgan fingerprint density at radius 2 is 1.11 bits per heavy atom. The fourth-order valence-electron chi connectivity index (χ4n) is 4.45. The van der Waals surface area contributed by atoms with Crippen molar-refractivity contribution in [3.63, 3.8) is 0 Å². The number of aromatic hydroxyl groups is 2. The molecule has 0 radical (unpaired) electrons. The highest BCUT2D eigenvalue weighted by Gasteiger charge is 2.23. The molecule has 2 atom stereocenters. The number of hydrogen-bond donors (Lipinski definition) is 3. The summed E-state index contributed by atoms with van der Waals surface area (Å²) in [4.78, 5) is 8.33. The van der Waals surface area contributed by atoms with Crippen molar-refractivity contribution in [3.05, 3.63) is 199 Å². The van der Waals surface area contributed by atoms with E-state index in [0.717, 1.165) is 29.4 Å². The van der Waals surface area contributed by atoms with Crippen LogP contribution in [0.2, 0.25) is 0 Å². The number of ether oxygens (including phenoxy) is 1. The lowest BCUT2D eigenvalue weighted by Gasteiger charge is -2.26. The van der Waals surface area contributed by atoms with Crippen molar-refractivity contribution in [3.8, 4) is 28.7 Å². The van der Waals surface area contributed by atoms with Crippen molar-refractivity contribution in [2.45, 2.75) is 60.3 Å². The predicted octanol–water partition coefficient (Wildman–Crippen LogP) is 13.6. The topological polar surface area (TPSA) is 97.6 Å². The van der Waals surface area contributed by atoms with E-state index in [1.54, 1.807) is 72.8 Å². The molecule has 3 N–H and O–H groups in total. The molecule has 0 fully saturated rings. The van der Waals surface area contributed by atoms with Gasteiger partial charge in [0.05, 0.1) is 5.76 Å². The highest BCUT2D eigenvalue weighted by atomic mass is 31.1. The van der Waals surface area contributed by atoms with Crippen molar-refractivity contribution in [2.24, 2.45) is 0 Å².